The lowest BCUT2D eigenvalue weighted by molar-refractivity contribution is 0.126. The smallest absolute Gasteiger partial charge is 0.119 e. The lowest BCUT2D eigenvalue weighted by atomic mass is 10.1. The zero-order chi connectivity index (χ0) is 15.9. The van der Waals surface area contributed by atoms with Crippen LogP contribution in [-0.2, 0) is 0 Å². The molecule has 0 radical (unpaired) electrons. The molecule has 0 aliphatic heterocycles. The third-order valence-corrected chi connectivity index (χ3v) is 4.49. The van der Waals surface area contributed by atoms with E-state index in [4.69, 9.17) is 10.00 Å². The topological polar surface area (TPSA) is 53.2 Å². The van der Waals surface area contributed by atoms with E-state index in [1.807, 2.05) is 0 Å². The molecule has 114 valence electrons. The summed E-state index contributed by atoms with van der Waals surface area (Å²) in [6.07, 6.45) is -0.540. The van der Waals surface area contributed by atoms with Gasteiger partial charge in [-0.3, -0.25) is 0 Å². The lowest BCUT2D eigenvalue weighted by Gasteiger charge is -2.12. The van der Waals surface area contributed by atoms with E-state index < -0.39 is 6.10 Å². The van der Waals surface area contributed by atoms with Crippen LogP contribution in [0.4, 0.5) is 0 Å². The standard InChI is InChI=1S/C18H19NO2S/c1-13-3-8-18(9-14(13)2)22-12-16(20)11-21-17-6-4-15(10-19)5-7-17/h3-9,16,20H,11-12H2,1-2H3. The summed E-state index contributed by atoms with van der Waals surface area (Å²) in [4.78, 5) is 1.15. The molecular formula is C18H19NO2S. The Morgan fingerprint density at radius 1 is 1.14 bits per heavy atom. The molecule has 1 unspecified atom stereocenters. The Balaban J connectivity index is 1.78. The van der Waals surface area contributed by atoms with Crippen LogP contribution in [0, 0.1) is 25.2 Å². The molecule has 2 rings (SSSR count). The normalized spacial score (nSPS) is 11.7. The van der Waals surface area contributed by atoms with E-state index in [1.54, 1.807) is 36.0 Å². The summed E-state index contributed by atoms with van der Waals surface area (Å²) in [5.41, 5.74) is 3.13. The van der Waals surface area contributed by atoms with Gasteiger partial charge in [0.2, 0.25) is 0 Å². The van der Waals surface area contributed by atoms with Gasteiger partial charge >= 0.3 is 0 Å². The SMILES string of the molecule is Cc1ccc(SCC(O)COc2ccc(C#N)cc2)cc1C. The molecule has 0 heterocycles. The largest absolute Gasteiger partial charge is 0.491 e. The number of benzene rings is 2. The minimum absolute atomic E-state index is 0.240. The molecule has 3 nitrogen and oxygen atoms in total. The number of nitriles is 1. The molecule has 2 aromatic carbocycles. The van der Waals surface area contributed by atoms with Crippen molar-refractivity contribution in [2.24, 2.45) is 0 Å². The van der Waals surface area contributed by atoms with Crippen LogP contribution in [0.5, 0.6) is 5.75 Å². The zero-order valence-electron chi connectivity index (χ0n) is 12.7. The number of thioether (sulfide) groups is 1. The fourth-order valence-corrected chi connectivity index (χ4v) is 2.77. The second-order valence-electron chi connectivity index (χ2n) is 5.16. The van der Waals surface area contributed by atoms with E-state index in [2.05, 4.69) is 38.1 Å². The Labute approximate surface area is 135 Å². The number of aryl methyl sites for hydroxylation is 2. The Morgan fingerprint density at radius 3 is 2.50 bits per heavy atom. The maximum absolute atomic E-state index is 10.00. The molecule has 0 spiro atoms. The number of hydrogen-bond donors (Lipinski definition) is 1. The van der Waals surface area contributed by atoms with Crippen LogP contribution in [0.2, 0.25) is 0 Å². The average Bonchev–Trinajstić information content (AvgIpc) is 2.54. The quantitative estimate of drug-likeness (QED) is 0.826. The van der Waals surface area contributed by atoms with Gasteiger partial charge in [0.25, 0.3) is 0 Å². The van der Waals surface area contributed by atoms with Gasteiger partial charge in [-0.15, -0.1) is 11.8 Å². The summed E-state index contributed by atoms with van der Waals surface area (Å²) in [5, 5.41) is 18.7. The van der Waals surface area contributed by atoms with E-state index in [9.17, 15) is 5.11 Å². The molecule has 0 amide bonds. The molecule has 0 aliphatic carbocycles. The third kappa shape index (κ3) is 4.80. The van der Waals surface area contributed by atoms with Crippen molar-refractivity contribution in [3.63, 3.8) is 0 Å². The summed E-state index contributed by atoms with van der Waals surface area (Å²) in [6, 6.07) is 15.2. The highest BCUT2D eigenvalue weighted by Gasteiger charge is 2.07. The second-order valence-corrected chi connectivity index (χ2v) is 6.25. The fourth-order valence-electron chi connectivity index (χ4n) is 1.86. The van der Waals surface area contributed by atoms with Crippen molar-refractivity contribution in [2.75, 3.05) is 12.4 Å². The van der Waals surface area contributed by atoms with Crippen molar-refractivity contribution < 1.29 is 9.84 Å². The van der Waals surface area contributed by atoms with Crippen LogP contribution >= 0.6 is 11.8 Å². The number of aliphatic hydroxyl groups is 1. The molecule has 4 heteroatoms. The fraction of sp³-hybridized carbons (Fsp3) is 0.278. The molecule has 0 saturated heterocycles. The van der Waals surface area contributed by atoms with Gasteiger partial charge < -0.3 is 9.84 Å². The number of nitrogens with zero attached hydrogens (tertiary/aromatic N) is 1. The summed E-state index contributed by atoms with van der Waals surface area (Å²) < 4.78 is 5.53. The van der Waals surface area contributed by atoms with Crippen LogP contribution in [0.3, 0.4) is 0 Å². The first-order chi connectivity index (χ1) is 10.6. The van der Waals surface area contributed by atoms with Crippen LogP contribution in [-0.4, -0.2) is 23.6 Å². The molecular weight excluding hydrogens is 294 g/mol. The summed E-state index contributed by atoms with van der Waals surface area (Å²) in [6.45, 7) is 4.41. The lowest BCUT2D eigenvalue weighted by Crippen LogP contribution is -2.20. The highest BCUT2D eigenvalue weighted by Crippen LogP contribution is 2.22. The van der Waals surface area contributed by atoms with Gasteiger partial charge in [-0.1, -0.05) is 6.07 Å². The second kappa shape index (κ2) is 7.88. The van der Waals surface area contributed by atoms with Crippen molar-refractivity contribution in [1.82, 2.24) is 0 Å². The summed E-state index contributed by atoms with van der Waals surface area (Å²) in [5.74, 6) is 1.24. The van der Waals surface area contributed by atoms with E-state index in [-0.39, 0.29) is 6.61 Å². The predicted molar refractivity (Wildman–Crippen MR) is 89.3 cm³/mol. The maximum Gasteiger partial charge on any atom is 0.119 e. The van der Waals surface area contributed by atoms with Crippen LogP contribution < -0.4 is 4.74 Å². The zero-order valence-corrected chi connectivity index (χ0v) is 13.6. The number of rotatable bonds is 6. The van der Waals surface area contributed by atoms with Gasteiger partial charge in [0, 0.05) is 10.6 Å². The van der Waals surface area contributed by atoms with E-state index in [0.717, 1.165) is 4.90 Å². The van der Waals surface area contributed by atoms with Crippen molar-refractivity contribution in [3.8, 4) is 11.8 Å². The maximum atomic E-state index is 10.00. The van der Waals surface area contributed by atoms with Crippen LogP contribution in [0.25, 0.3) is 0 Å². The number of hydrogen-bond acceptors (Lipinski definition) is 4. The first kappa shape index (κ1) is 16.4. The first-order valence-electron chi connectivity index (χ1n) is 7.09. The van der Waals surface area contributed by atoms with Crippen molar-refractivity contribution in [2.45, 2.75) is 24.8 Å². The monoisotopic (exact) mass is 313 g/mol. The van der Waals surface area contributed by atoms with Gasteiger partial charge in [-0.05, 0) is 61.4 Å². The minimum Gasteiger partial charge on any atom is -0.491 e. The first-order valence-corrected chi connectivity index (χ1v) is 8.08. The molecule has 0 saturated carbocycles. The predicted octanol–water partition coefficient (Wildman–Crippen LogP) is 3.71. The molecule has 0 aliphatic rings. The Kier molecular flexibility index (Phi) is 5.88. The van der Waals surface area contributed by atoms with E-state index in [1.165, 1.54) is 11.1 Å². The Hall–Kier alpha value is -1.96. The Morgan fingerprint density at radius 2 is 1.86 bits per heavy atom. The van der Waals surface area contributed by atoms with Gasteiger partial charge in [-0.25, -0.2) is 0 Å². The molecule has 0 bridgehead atoms. The minimum atomic E-state index is -0.540. The number of ether oxygens (including phenoxy) is 1. The highest BCUT2D eigenvalue weighted by molar-refractivity contribution is 7.99. The molecule has 0 fully saturated rings. The van der Waals surface area contributed by atoms with Gasteiger partial charge in [0.05, 0.1) is 17.7 Å². The summed E-state index contributed by atoms with van der Waals surface area (Å²) in [7, 11) is 0. The van der Waals surface area contributed by atoms with Crippen molar-refractivity contribution >= 4 is 11.8 Å². The third-order valence-electron chi connectivity index (χ3n) is 3.35. The van der Waals surface area contributed by atoms with Crippen molar-refractivity contribution in [1.29, 1.82) is 5.26 Å². The summed E-state index contributed by atoms with van der Waals surface area (Å²) >= 11 is 1.62. The van der Waals surface area contributed by atoms with Crippen LogP contribution in [0.15, 0.2) is 47.4 Å². The molecule has 1 N–H and O–H groups in total. The van der Waals surface area contributed by atoms with Gasteiger partial charge in [-0.2, -0.15) is 5.26 Å². The molecule has 0 aromatic heterocycles. The van der Waals surface area contributed by atoms with Crippen LogP contribution in [0.1, 0.15) is 16.7 Å². The molecule has 2 aromatic rings. The Bertz CT molecular complexity index is 662. The van der Waals surface area contributed by atoms with E-state index >= 15 is 0 Å². The molecule has 22 heavy (non-hydrogen) atoms. The average molecular weight is 313 g/mol. The molecule has 1 atom stereocenters. The highest BCUT2D eigenvalue weighted by atomic mass is 32.2. The number of aliphatic hydroxyl groups excluding tert-OH is 1. The van der Waals surface area contributed by atoms with E-state index in [0.29, 0.717) is 17.1 Å². The van der Waals surface area contributed by atoms with Gasteiger partial charge in [0.1, 0.15) is 12.4 Å². The van der Waals surface area contributed by atoms with Gasteiger partial charge in [0.15, 0.2) is 0 Å². The van der Waals surface area contributed by atoms with Crippen molar-refractivity contribution in [3.05, 3.63) is 59.2 Å².